The van der Waals surface area contributed by atoms with E-state index in [1.165, 1.54) is 16.9 Å². The number of carbonyl (C=O) groups is 2. The van der Waals surface area contributed by atoms with Gasteiger partial charge in [-0.05, 0) is 39.2 Å². The smallest absolute Gasteiger partial charge is 0.276 e. The van der Waals surface area contributed by atoms with E-state index in [4.69, 9.17) is 0 Å². The van der Waals surface area contributed by atoms with Crippen LogP contribution in [0.5, 0.6) is 5.75 Å². The lowest BCUT2D eigenvalue weighted by Crippen LogP contribution is -2.44. The normalized spacial score (nSPS) is 14.7. The summed E-state index contributed by atoms with van der Waals surface area (Å²) in [7, 11) is 0. The molecular weight excluding hydrogens is 434 g/mol. The number of pyridine rings is 1. The maximum absolute atomic E-state index is 13.9. The van der Waals surface area contributed by atoms with Crippen LogP contribution in [0, 0.1) is 11.6 Å². The molecule has 0 aliphatic carbocycles. The second-order valence-corrected chi connectivity index (χ2v) is 7.82. The van der Waals surface area contributed by atoms with E-state index in [0.717, 1.165) is 25.3 Å². The topological polar surface area (TPSA) is 94.9 Å². The number of aromatic hydroxyl groups is 1. The summed E-state index contributed by atoms with van der Waals surface area (Å²) in [5.41, 5.74) is -1.52. The molecule has 1 aromatic heterocycles. The van der Waals surface area contributed by atoms with Crippen molar-refractivity contribution < 1.29 is 23.5 Å². The van der Waals surface area contributed by atoms with Gasteiger partial charge in [-0.1, -0.05) is 6.07 Å². The third-order valence-electron chi connectivity index (χ3n) is 5.75. The van der Waals surface area contributed by atoms with Crippen molar-refractivity contribution in [3.05, 3.63) is 63.1 Å². The first-order chi connectivity index (χ1) is 15.8. The molecule has 0 radical (unpaired) electrons. The van der Waals surface area contributed by atoms with E-state index in [1.807, 2.05) is 13.8 Å². The molecule has 10 heteroatoms. The number of carbonyl (C=O) groups excluding carboxylic acids is 2. The van der Waals surface area contributed by atoms with Crippen LogP contribution in [0.15, 0.2) is 29.2 Å². The Hall–Kier alpha value is -3.43. The lowest BCUT2D eigenvalue weighted by molar-refractivity contribution is 0.0741. The molecule has 33 heavy (non-hydrogen) atoms. The van der Waals surface area contributed by atoms with Gasteiger partial charge in [-0.2, -0.15) is 0 Å². The zero-order chi connectivity index (χ0) is 24.1. The Balaban J connectivity index is 2.01. The highest BCUT2D eigenvalue weighted by Gasteiger charge is 2.29. The molecule has 178 valence electrons. The maximum atomic E-state index is 13.9. The summed E-state index contributed by atoms with van der Waals surface area (Å²) in [6.07, 6.45) is 3.78. The van der Waals surface area contributed by atoms with Gasteiger partial charge in [0.15, 0.2) is 11.4 Å². The van der Waals surface area contributed by atoms with Gasteiger partial charge in [-0.3, -0.25) is 19.1 Å². The zero-order valence-corrected chi connectivity index (χ0v) is 18.7. The second-order valence-electron chi connectivity index (χ2n) is 7.82. The van der Waals surface area contributed by atoms with E-state index < -0.39 is 34.6 Å². The third-order valence-corrected chi connectivity index (χ3v) is 5.75. The molecule has 0 saturated carbocycles. The number of hydrogen-bond donors (Lipinski definition) is 2. The highest BCUT2D eigenvalue weighted by molar-refractivity contribution is 5.98. The minimum Gasteiger partial charge on any atom is -0.502 e. The van der Waals surface area contributed by atoms with Crippen LogP contribution in [-0.4, -0.2) is 52.7 Å². The van der Waals surface area contributed by atoms with Crippen LogP contribution in [-0.2, 0) is 6.54 Å². The van der Waals surface area contributed by atoms with E-state index >= 15 is 0 Å². The van der Waals surface area contributed by atoms with Gasteiger partial charge in [0, 0.05) is 50.6 Å². The van der Waals surface area contributed by atoms with E-state index in [1.54, 1.807) is 9.91 Å². The molecule has 0 spiro atoms. The van der Waals surface area contributed by atoms with Crippen molar-refractivity contribution in [2.24, 2.45) is 0 Å². The van der Waals surface area contributed by atoms with Crippen molar-refractivity contribution in [2.45, 2.75) is 39.7 Å². The van der Waals surface area contributed by atoms with Gasteiger partial charge in [0.1, 0.15) is 17.2 Å². The monoisotopic (exact) mass is 462 g/mol. The Morgan fingerprint density at radius 1 is 1.09 bits per heavy atom. The number of halogens is 2. The highest BCUT2D eigenvalue weighted by atomic mass is 19.1. The minimum atomic E-state index is -0.990. The average Bonchev–Trinajstić information content (AvgIpc) is 2.79. The van der Waals surface area contributed by atoms with Crippen molar-refractivity contribution in [3.8, 4) is 5.75 Å². The van der Waals surface area contributed by atoms with Crippen LogP contribution in [0.3, 0.4) is 0 Å². The Labute approximate surface area is 190 Å². The lowest BCUT2D eigenvalue weighted by Gasteiger charge is -2.32. The molecule has 1 aromatic carbocycles. The zero-order valence-electron chi connectivity index (χ0n) is 18.7. The van der Waals surface area contributed by atoms with Crippen LogP contribution < -0.4 is 15.8 Å². The van der Waals surface area contributed by atoms with E-state index in [9.17, 15) is 28.3 Å². The number of rotatable bonds is 5. The molecule has 8 nitrogen and oxygen atoms in total. The van der Waals surface area contributed by atoms with Crippen molar-refractivity contribution in [1.29, 1.82) is 0 Å². The van der Waals surface area contributed by atoms with Crippen LogP contribution in [0.25, 0.3) is 0 Å². The highest BCUT2D eigenvalue weighted by Crippen LogP contribution is 2.19. The number of hydrogen-bond acceptors (Lipinski definition) is 5. The van der Waals surface area contributed by atoms with Gasteiger partial charge in [-0.25, -0.2) is 8.78 Å². The SMILES string of the molecule is CCN1CCCCCN(CC)n2cc(C(=O)NCc3ccc(F)cc3F)c(=O)c(O)c2C1=O. The van der Waals surface area contributed by atoms with Crippen LogP contribution in [0.2, 0.25) is 0 Å². The Bertz CT molecular complexity index is 1100. The molecule has 0 fully saturated rings. The van der Waals surface area contributed by atoms with E-state index in [0.29, 0.717) is 32.2 Å². The third kappa shape index (κ3) is 5.15. The van der Waals surface area contributed by atoms with Gasteiger partial charge >= 0.3 is 0 Å². The summed E-state index contributed by atoms with van der Waals surface area (Å²) >= 11 is 0. The first-order valence-corrected chi connectivity index (χ1v) is 11.0. The number of aromatic nitrogens is 1. The van der Waals surface area contributed by atoms with Crippen molar-refractivity contribution in [3.63, 3.8) is 0 Å². The Morgan fingerprint density at radius 3 is 2.48 bits per heavy atom. The molecule has 0 saturated heterocycles. The molecule has 2 heterocycles. The molecule has 2 amide bonds. The summed E-state index contributed by atoms with van der Waals surface area (Å²) in [4.78, 5) is 40.4. The fourth-order valence-electron chi connectivity index (χ4n) is 3.85. The minimum absolute atomic E-state index is 0.0389. The summed E-state index contributed by atoms with van der Waals surface area (Å²) in [5, 5.41) is 14.9. The fourth-order valence-corrected chi connectivity index (χ4v) is 3.85. The first kappa shape index (κ1) is 24.2. The van der Waals surface area contributed by atoms with Gasteiger partial charge in [0.25, 0.3) is 11.8 Å². The van der Waals surface area contributed by atoms with Crippen molar-refractivity contribution >= 4 is 11.8 Å². The van der Waals surface area contributed by atoms with Crippen LogP contribution in [0.4, 0.5) is 8.78 Å². The standard InChI is InChI=1S/C23H28F2N4O4/c1-3-27-10-6-5-7-11-28(4-2)29-14-17(20(30)21(31)19(29)23(27)33)22(32)26-13-15-8-9-16(24)12-18(15)25/h8-9,12,14,31H,3-7,10-11,13H2,1-2H3,(H,26,32). The summed E-state index contributed by atoms with van der Waals surface area (Å²) in [5.74, 6) is -3.72. The summed E-state index contributed by atoms with van der Waals surface area (Å²) in [6.45, 7) is 5.34. The number of nitrogens with one attached hydrogen (secondary N) is 1. The van der Waals surface area contributed by atoms with Gasteiger partial charge in [-0.15, -0.1) is 0 Å². The quantitative estimate of drug-likeness (QED) is 0.712. The second kappa shape index (κ2) is 10.5. The lowest BCUT2D eigenvalue weighted by atomic mass is 10.1. The van der Waals surface area contributed by atoms with Crippen LogP contribution in [0.1, 0.15) is 59.5 Å². The Morgan fingerprint density at radius 2 is 1.82 bits per heavy atom. The number of fused-ring (bicyclic) bond motifs is 1. The molecule has 0 bridgehead atoms. The van der Waals surface area contributed by atoms with Gasteiger partial charge < -0.3 is 20.3 Å². The molecule has 1 aliphatic heterocycles. The Kier molecular flexibility index (Phi) is 7.67. The summed E-state index contributed by atoms with van der Waals surface area (Å²) in [6, 6.07) is 2.95. The maximum Gasteiger partial charge on any atom is 0.276 e. The van der Waals surface area contributed by atoms with Crippen molar-refractivity contribution in [1.82, 2.24) is 14.9 Å². The first-order valence-electron chi connectivity index (χ1n) is 11.0. The number of amides is 2. The number of nitrogens with zero attached hydrogens (tertiary/aromatic N) is 3. The molecule has 1 aliphatic rings. The number of benzene rings is 1. The molecule has 0 unspecified atom stereocenters. The van der Waals surface area contributed by atoms with Crippen molar-refractivity contribution in [2.75, 3.05) is 31.2 Å². The largest absolute Gasteiger partial charge is 0.502 e. The van der Waals surface area contributed by atoms with Gasteiger partial charge in [0.05, 0.1) is 0 Å². The van der Waals surface area contributed by atoms with Gasteiger partial charge in [0.2, 0.25) is 5.43 Å². The predicted molar refractivity (Wildman–Crippen MR) is 119 cm³/mol. The molecule has 0 atom stereocenters. The summed E-state index contributed by atoms with van der Waals surface area (Å²) < 4.78 is 28.4. The van der Waals surface area contributed by atoms with E-state index in [-0.39, 0.29) is 23.4 Å². The van der Waals surface area contributed by atoms with Crippen LogP contribution >= 0.6 is 0 Å². The predicted octanol–water partition coefficient (Wildman–Crippen LogP) is 2.37. The molecule has 2 aromatic rings. The fraction of sp³-hybridized carbons (Fsp3) is 0.435. The van der Waals surface area contributed by atoms with E-state index in [2.05, 4.69) is 5.32 Å². The average molecular weight is 462 g/mol. The molecular formula is C23H28F2N4O4. The molecule has 3 rings (SSSR count). The molecule has 2 N–H and O–H groups in total.